The molecule has 12 heteroatoms. The number of ketones is 1. The Balaban J connectivity index is 1.61. The van der Waals surface area contributed by atoms with Crippen molar-refractivity contribution in [2.45, 2.75) is 79.1 Å². The van der Waals surface area contributed by atoms with Crippen molar-refractivity contribution in [1.82, 2.24) is 10.3 Å². The minimum Gasteiger partial charge on any atom is -0.496 e. The van der Waals surface area contributed by atoms with Crippen LogP contribution in [0.1, 0.15) is 121 Å². The van der Waals surface area contributed by atoms with E-state index >= 15 is 0 Å². The molecule has 4 rings (SSSR count). The number of carbonyl (C=O) groups is 5. The quantitative estimate of drug-likeness (QED) is 0.0338. The van der Waals surface area contributed by atoms with Gasteiger partial charge in [-0.1, -0.05) is 83.9 Å². The molecule has 0 bridgehead atoms. The lowest BCUT2D eigenvalue weighted by molar-refractivity contribution is -0.158. The highest BCUT2D eigenvalue weighted by atomic mass is 16.7. The molecule has 1 aromatic heterocycles. The van der Waals surface area contributed by atoms with Gasteiger partial charge in [0.15, 0.2) is 11.5 Å². The number of rotatable bonds is 22. The number of aromatic nitrogens is 1. The number of pyridine rings is 1. The molecule has 12 nitrogen and oxygen atoms in total. The lowest BCUT2D eigenvalue weighted by Crippen LogP contribution is -2.27. The Morgan fingerprint density at radius 2 is 1.68 bits per heavy atom. The van der Waals surface area contributed by atoms with Gasteiger partial charge in [0.25, 0.3) is 5.91 Å². The van der Waals surface area contributed by atoms with E-state index in [0.717, 1.165) is 38.5 Å². The van der Waals surface area contributed by atoms with E-state index < -0.39 is 36.5 Å². The van der Waals surface area contributed by atoms with Crippen molar-refractivity contribution in [2.24, 2.45) is 17.8 Å². The third-order valence-electron chi connectivity index (χ3n) is 9.76. The van der Waals surface area contributed by atoms with Gasteiger partial charge < -0.3 is 29.7 Å². The second-order valence-electron chi connectivity index (χ2n) is 14.4. The Morgan fingerprint density at radius 1 is 0.946 bits per heavy atom. The van der Waals surface area contributed by atoms with Gasteiger partial charge in [-0.3, -0.25) is 19.2 Å². The van der Waals surface area contributed by atoms with Crippen molar-refractivity contribution < 1.29 is 42.9 Å². The number of esters is 3. The van der Waals surface area contributed by atoms with Gasteiger partial charge in [0.2, 0.25) is 6.79 Å². The summed E-state index contributed by atoms with van der Waals surface area (Å²) < 4.78 is 21.5. The number of nitrogens with one attached hydrogen (secondary N) is 2. The molecule has 3 aromatic rings. The zero-order valence-electron chi connectivity index (χ0n) is 33.0. The maximum Gasteiger partial charge on any atom is 0.360 e. The van der Waals surface area contributed by atoms with E-state index in [0.29, 0.717) is 47.1 Å². The van der Waals surface area contributed by atoms with E-state index in [9.17, 15) is 24.0 Å². The number of methoxy groups -OCH3 is 1. The predicted molar refractivity (Wildman–Crippen MR) is 213 cm³/mol. The van der Waals surface area contributed by atoms with E-state index in [-0.39, 0.29) is 52.8 Å². The standard InChI is InChI=1S/C44H53N3O9/c1-7-9-10-11-20-54-40(49)24-36(45)32-16-14-29(15-17-32)21-38(48)35-22-31(8-2)39(53-6)23-34(35)33-18-19-37(42(50)46-25-30-12-13-30)47-41(33)44(52)56-26-55-43(51)28(5)27(3)4/h8,14-19,22-23,27-28,30,45H,2,7,9-13,20-21,24-26H2,1,3-6H3,(H,46,50)/t28-/m0/s1. The Morgan fingerprint density at radius 3 is 2.32 bits per heavy atom. The number of ether oxygens (including phenoxy) is 4. The fourth-order valence-corrected chi connectivity index (χ4v) is 5.72. The van der Waals surface area contributed by atoms with E-state index in [1.807, 2.05) is 13.8 Å². The molecule has 1 aliphatic carbocycles. The number of unbranched alkanes of at least 4 members (excludes halogenated alkanes) is 3. The van der Waals surface area contributed by atoms with Gasteiger partial charge >= 0.3 is 17.9 Å². The van der Waals surface area contributed by atoms with Crippen LogP contribution in [0.3, 0.4) is 0 Å². The van der Waals surface area contributed by atoms with Crippen molar-refractivity contribution >= 4 is 41.4 Å². The molecule has 0 saturated heterocycles. The summed E-state index contributed by atoms with van der Waals surface area (Å²) in [6, 6.07) is 13.0. The molecule has 2 aromatic carbocycles. The van der Waals surface area contributed by atoms with Crippen molar-refractivity contribution in [3.05, 3.63) is 88.8 Å². The lowest BCUT2D eigenvalue weighted by Gasteiger charge is -2.17. The third-order valence-corrected chi connectivity index (χ3v) is 9.76. The maximum atomic E-state index is 14.1. The Kier molecular flexibility index (Phi) is 16.1. The highest BCUT2D eigenvalue weighted by Gasteiger charge is 2.27. The molecule has 1 heterocycles. The molecule has 0 aliphatic heterocycles. The number of nitrogens with zero attached hydrogens (tertiary/aromatic N) is 1. The summed E-state index contributed by atoms with van der Waals surface area (Å²) >= 11 is 0. The second kappa shape index (κ2) is 20.9. The summed E-state index contributed by atoms with van der Waals surface area (Å²) in [7, 11) is 1.47. The van der Waals surface area contributed by atoms with Crippen LogP contribution in [0.4, 0.5) is 0 Å². The van der Waals surface area contributed by atoms with Crippen molar-refractivity contribution in [2.75, 3.05) is 27.1 Å². The summed E-state index contributed by atoms with van der Waals surface area (Å²) in [4.78, 5) is 70.1. The first kappa shape index (κ1) is 43.1. The van der Waals surface area contributed by atoms with Crippen LogP contribution >= 0.6 is 0 Å². The van der Waals surface area contributed by atoms with Gasteiger partial charge in [-0.2, -0.15) is 0 Å². The zero-order valence-corrected chi connectivity index (χ0v) is 33.0. The molecule has 0 spiro atoms. The van der Waals surface area contributed by atoms with Crippen molar-refractivity contribution in [1.29, 1.82) is 5.41 Å². The molecule has 1 aliphatic rings. The average molecular weight is 768 g/mol. The van der Waals surface area contributed by atoms with Gasteiger partial charge in [-0.25, -0.2) is 9.78 Å². The molecule has 298 valence electrons. The lowest BCUT2D eigenvalue weighted by atomic mass is 9.90. The molecular formula is C44H53N3O9. The van der Waals surface area contributed by atoms with Gasteiger partial charge in [-0.05, 0) is 72.1 Å². The van der Waals surface area contributed by atoms with Crippen LogP contribution in [0.15, 0.2) is 55.1 Å². The van der Waals surface area contributed by atoms with Crippen LogP contribution in [0.25, 0.3) is 17.2 Å². The summed E-state index contributed by atoms with van der Waals surface area (Å²) in [5.41, 5.74) is 2.22. The molecule has 0 unspecified atom stereocenters. The topological polar surface area (TPSA) is 171 Å². The van der Waals surface area contributed by atoms with E-state index in [4.69, 9.17) is 24.4 Å². The summed E-state index contributed by atoms with van der Waals surface area (Å²) in [5.74, 6) is -2.39. The third kappa shape index (κ3) is 12.2. The largest absolute Gasteiger partial charge is 0.496 e. The molecule has 0 radical (unpaired) electrons. The minimum atomic E-state index is -0.967. The fraction of sp³-hybridized carbons (Fsp3) is 0.432. The van der Waals surface area contributed by atoms with Crippen LogP contribution in [0.5, 0.6) is 5.75 Å². The van der Waals surface area contributed by atoms with E-state index in [1.54, 1.807) is 49.4 Å². The van der Waals surface area contributed by atoms with E-state index in [2.05, 4.69) is 23.8 Å². The summed E-state index contributed by atoms with van der Waals surface area (Å²) in [5, 5.41) is 11.3. The SMILES string of the molecule is C=Cc1cc(C(=O)Cc2ccc(C(=N)CC(=O)OCCCCCC)cc2)c(-c2ccc(C(=O)NCC3CC3)nc2C(=O)OCOC(=O)[C@@H](C)C(C)C)cc1OC. The normalized spacial score (nSPS) is 12.7. The first-order valence-electron chi connectivity index (χ1n) is 19.2. The van der Waals surface area contributed by atoms with Gasteiger partial charge in [0.1, 0.15) is 11.4 Å². The minimum absolute atomic E-state index is 0.00804. The fourth-order valence-electron chi connectivity index (χ4n) is 5.72. The predicted octanol–water partition coefficient (Wildman–Crippen LogP) is 7.80. The number of Topliss-reactive ketones (excluding diaryl/α,β-unsaturated/α-hetero) is 1. The van der Waals surface area contributed by atoms with Gasteiger partial charge in [0, 0.05) is 35.4 Å². The Hall–Kier alpha value is -5.65. The Bertz CT molecular complexity index is 1920. The molecular weight excluding hydrogens is 714 g/mol. The zero-order chi connectivity index (χ0) is 40.8. The second-order valence-corrected chi connectivity index (χ2v) is 14.4. The molecule has 56 heavy (non-hydrogen) atoms. The van der Waals surface area contributed by atoms with Crippen LogP contribution in [0, 0.1) is 23.2 Å². The molecule has 1 amide bonds. The highest BCUT2D eigenvalue weighted by Crippen LogP contribution is 2.35. The number of benzene rings is 2. The number of hydrogen-bond acceptors (Lipinski definition) is 11. The van der Waals surface area contributed by atoms with Gasteiger partial charge in [0.05, 0.1) is 26.1 Å². The highest BCUT2D eigenvalue weighted by molar-refractivity contribution is 6.09. The first-order valence-corrected chi connectivity index (χ1v) is 19.2. The van der Waals surface area contributed by atoms with Crippen molar-refractivity contribution in [3.63, 3.8) is 0 Å². The van der Waals surface area contributed by atoms with Crippen molar-refractivity contribution in [3.8, 4) is 16.9 Å². The monoisotopic (exact) mass is 767 g/mol. The van der Waals surface area contributed by atoms with Crippen LogP contribution in [-0.4, -0.2) is 67.3 Å². The smallest absolute Gasteiger partial charge is 0.360 e. The first-order chi connectivity index (χ1) is 26.9. The number of amides is 1. The summed E-state index contributed by atoms with van der Waals surface area (Å²) in [6.45, 7) is 11.6. The van der Waals surface area contributed by atoms with Crippen LogP contribution < -0.4 is 10.1 Å². The average Bonchev–Trinajstić information content (AvgIpc) is 4.03. The number of hydrogen-bond donors (Lipinski definition) is 2. The van der Waals surface area contributed by atoms with Gasteiger partial charge in [-0.15, -0.1) is 0 Å². The molecule has 1 saturated carbocycles. The maximum absolute atomic E-state index is 14.1. The van der Waals surface area contributed by atoms with Crippen LogP contribution in [0.2, 0.25) is 0 Å². The molecule has 1 fully saturated rings. The Labute approximate surface area is 328 Å². The molecule has 1 atom stereocenters. The summed E-state index contributed by atoms with van der Waals surface area (Å²) in [6.07, 6.45) is 7.33. The number of carbonyl (C=O) groups excluding carboxylic acids is 5. The van der Waals surface area contributed by atoms with E-state index in [1.165, 1.54) is 19.2 Å². The van der Waals surface area contributed by atoms with Crippen LogP contribution in [-0.2, 0) is 30.2 Å². The molecule has 2 N–H and O–H groups in total.